The molecule has 1 aromatic heterocycles. The third-order valence-corrected chi connectivity index (χ3v) is 2.56. The van der Waals surface area contributed by atoms with Crippen molar-refractivity contribution < 1.29 is 29.5 Å². The van der Waals surface area contributed by atoms with Crippen molar-refractivity contribution in [1.29, 1.82) is 0 Å². The number of carboxylic acids is 2. The molecule has 0 spiro atoms. The molecule has 1 rings (SSSR count). The van der Waals surface area contributed by atoms with Crippen LogP contribution in [0, 0.1) is 10.1 Å². The van der Waals surface area contributed by atoms with E-state index in [1.807, 2.05) is 5.32 Å². The Kier molecular flexibility index (Phi) is 5.13. The average Bonchev–Trinajstić information content (AvgIpc) is 2.37. The lowest BCUT2D eigenvalue weighted by atomic mass is 10.2. The summed E-state index contributed by atoms with van der Waals surface area (Å²) in [6.07, 6.45) is -0.0356. The summed E-state index contributed by atoms with van der Waals surface area (Å²) in [6, 6.07) is -0.894. The van der Waals surface area contributed by atoms with Crippen LogP contribution < -0.4 is 5.32 Å². The van der Waals surface area contributed by atoms with Gasteiger partial charge in [-0.15, -0.1) is 0 Å². The van der Waals surface area contributed by atoms with E-state index in [-0.39, 0.29) is 5.15 Å². The lowest BCUT2D eigenvalue weighted by molar-refractivity contribution is -0.385. The van der Waals surface area contributed by atoms with E-state index in [0.717, 1.165) is 12.3 Å². The summed E-state index contributed by atoms with van der Waals surface area (Å²) in [5, 5.41) is 29.4. The van der Waals surface area contributed by atoms with Crippen LogP contribution >= 0.6 is 11.6 Å². The van der Waals surface area contributed by atoms with Crippen LogP contribution in [0.3, 0.4) is 0 Å². The molecule has 1 amide bonds. The molecule has 0 unspecified atom stereocenters. The number of aliphatic carboxylic acids is 2. The minimum atomic E-state index is -1.70. The molecule has 11 heteroatoms. The van der Waals surface area contributed by atoms with Gasteiger partial charge in [0.1, 0.15) is 17.4 Å². The van der Waals surface area contributed by atoms with Gasteiger partial charge in [-0.2, -0.15) is 0 Å². The van der Waals surface area contributed by atoms with Crippen molar-refractivity contribution >= 4 is 35.1 Å². The highest BCUT2D eigenvalue weighted by Crippen LogP contribution is 2.19. The molecule has 0 fully saturated rings. The third-order valence-electron chi connectivity index (χ3n) is 2.26. The van der Waals surface area contributed by atoms with Gasteiger partial charge in [-0.1, -0.05) is 11.6 Å². The quantitative estimate of drug-likeness (QED) is 0.383. The van der Waals surface area contributed by atoms with Gasteiger partial charge in [0.2, 0.25) is 0 Å². The number of carboxylic acid groups (broad SMARTS) is 2. The fourth-order valence-electron chi connectivity index (χ4n) is 1.31. The van der Waals surface area contributed by atoms with Crippen LogP contribution in [0.1, 0.15) is 16.8 Å². The molecule has 10 nitrogen and oxygen atoms in total. The maximum absolute atomic E-state index is 11.8. The Bertz CT molecular complexity index is 619. The predicted octanol–water partition coefficient (Wildman–Crippen LogP) is 0.301. The highest BCUT2D eigenvalue weighted by Gasteiger charge is 2.25. The first-order valence-electron chi connectivity index (χ1n) is 5.27. The molecule has 0 saturated heterocycles. The Morgan fingerprint density at radius 3 is 2.52 bits per heavy atom. The summed E-state index contributed by atoms with van der Waals surface area (Å²) in [7, 11) is 0. The molecule has 0 aliphatic carbocycles. The van der Waals surface area contributed by atoms with Gasteiger partial charge in [-0.25, -0.2) is 9.78 Å². The van der Waals surface area contributed by atoms with Crippen molar-refractivity contribution in [2.24, 2.45) is 0 Å². The zero-order valence-electron chi connectivity index (χ0n) is 10.1. The highest BCUT2D eigenvalue weighted by molar-refractivity contribution is 6.32. The number of nitrogens with one attached hydrogen (secondary N) is 1. The standard InChI is InChI=1S/C10H8ClN3O7/c11-8-5(1-4(3-12-8)14(20)21)9(17)13-6(10(18)19)2-7(15)16/h1,3,6H,2H2,(H,13,17)(H,15,16)(H,18,19)/t6-/m0/s1. The van der Waals surface area contributed by atoms with E-state index in [1.54, 1.807) is 0 Å². The topological polar surface area (TPSA) is 160 Å². The maximum atomic E-state index is 11.8. The van der Waals surface area contributed by atoms with Crippen molar-refractivity contribution in [2.45, 2.75) is 12.5 Å². The number of pyridine rings is 1. The molecule has 1 atom stereocenters. The van der Waals surface area contributed by atoms with E-state index >= 15 is 0 Å². The second-order valence-electron chi connectivity index (χ2n) is 3.75. The van der Waals surface area contributed by atoms with Gasteiger partial charge in [0.25, 0.3) is 11.6 Å². The van der Waals surface area contributed by atoms with Crippen LogP contribution in [0.5, 0.6) is 0 Å². The number of halogens is 1. The molecule has 1 heterocycles. The number of aromatic nitrogens is 1. The number of carbonyl (C=O) groups is 3. The van der Waals surface area contributed by atoms with Crippen molar-refractivity contribution in [2.75, 3.05) is 0 Å². The average molecular weight is 318 g/mol. The molecule has 1 aromatic rings. The normalized spacial score (nSPS) is 11.5. The summed E-state index contributed by atoms with van der Waals surface area (Å²) in [5.74, 6) is -4.09. The first kappa shape index (κ1) is 16.3. The number of amides is 1. The van der Waals surface area contributed by atoms with Crippen molar-refractivity contribution in [3.8, 4) is 0 Å². The second-order valence-corrected chi connectivity index (χ2v) is 4.11. The SMILES string of the molecule is O=C(O)C[C@H](NC(=O)c1cc([N+](=O)[O-])cnc1Cl)C(=O)O. The summed E-state index contributed by atoms with van der Waals surface area (Å²) < 4.78 is 0. The Morgan fingerprint density at radius 1 is 1.43 bits per heavy atom. The van der Waals surface area contributed by atoms with E-state index in [2.05, 4.69) is 4.98 Å². The number of nitro groups is 1. The van der Waals surface area contributed by atoms with Crippen LogP contribution in [0.25, 0.3) is 0 Å². The summed E-state index contributed by atoms with van der Waals surface area (Å²) in [4.78, 5) is 46.4. The van der Waals surface area contributed by atoms with E-state index in [9.17, 15) is 24.5 Å². The molecule has 0 radical (unpaired) electrons. The van der Waals surface area contributed by atoms with Crippen molar-refractivity contribution in [3.63, 3.8) is 0 Å². The van der Waals surface area contributed by atoms with Gasteiger partial charge in [0.15, 0.2) is 0 Å². The molecule has 0 saturated carbocycles. The van der Waals surface area contributed by atoms with Crippen molar-refractivity contribution in [1.82, 2.24) is 10.3 Å². The monoisotopic (exact) mass is 317 g/mol. The minimum Gasteiger partial charge on any atom is -0.481 e. The van der Waals surface area contributed by atoms with Crippen LogP contribution in [-0.2, 0) is 9.59 Å². The molecular formula is C10H8ClN3O7. The summed E-state index contributed by atoms with van der Waals surface area (Å²) in [6.45, 7) is 0. The van der Waals surface area contributed by atoms with E-state index in [0.29, 0.717) is 0 Å². The Balaban J connectivity index is 3.02. The molecule has 0 aliphatic rings. The van der Waals surface area contributed by atoms with Crippen LogP contribution in [-0.4, -0.2) is 44.0 Å². The molecule has 0 aliphatic heterocycles. The van der Waals surface area contributed by atoms with E-state index in [4.69, 9.17) is 21.8 Å². The lowest BCUT2D eigenvalue weighted by Gasteiger charge is -2.12. The lowest BCUT2D eigenvalue weighted by Crippen LogP contribution is -2.42. The summed E-state index contributed by atoms with van der Waals surface area (Å²) >= 11 is 5.61. The predicted molar refractivity (Wildman–Crippen MR) is 67.0 cm³/mol. The van der Waals surface area contributed by atoms with Gasteiger partial charge in [0.05, 0.1) is 16.9 Å². The molecule has 0 bridgehead atoms. The fraction of sp³-hybridized carbons (Fsp3) is 0.200. The molecule has 112 valence electrons. The summed E-state index contributed by atoms with van der Waals surface area (Å²) in [5.41, 5.74) is -0.947. The van der Waals surface area contributed by atoms with Gasteiger partial charge in [-0.3, -0.25) is 19.7 Å². The third kappa shape index (κ3) is 4.38. The highest BCUT2D eigenvalue weighted by atomic mass is 35.5. The van der Waals surface area contributed by atoms with Gasteiger partial charge >= 0.3 is 11.9 Å². The zero-order chi connectivity index (χ0) is 16.2. The first-order chi connectivity index (χ1) is 9.72. The number of carbonyl (C=O) groups excluding carboxylic acids is 1. The smallest absolute Gasteiger partial charge is 0.326 e. The number of hydrogen-bond donors (Lipinski definition) is 3. The molecule has 0 aromatic carbocycles. The Hall–Kier alpha value is -2.75. The number of rotatable bonds is 6. The fourth-order valence-corrected chi connectivity index (χ4v) is 1.50. The van der Waals surface area contributed by atoms with Crippen molar-refractivity contribution in [3.05, 3.63) is 33.1 Å². The second kappa shape index (κ2) is 6.61. The largest absolute Gasteiger partial charge is 0.481 e. The molecular weight excluding hydrogens is 310 g/mol. The van der Waals surface area contributed by atoms with E-state index < -0.39 is 46.5 Å². The molecule has 21 heavy (non-hydrogen) atoms. The number of hydrogen-bond acceptors (Lipinski definition) is 6. The van der Waals surface area contributed by atoms with Crippen LogP contribution in [0.2, 0.25) is 5.15 Å². The first-order valence-corrected chi connectivity index (χ1v) is 5.65. The van der Waals surface area contributed by atoms with Crippen LogP contribution in [0.15, 0.2) is 12.3 Å². The zero-order valence-corrected chi connectivity index (χ0v) is 10.9. The number of nitrogens with zero attached hydrogens (tertiary/aromatic N) is 2. The maximum Gasteiger partial charge on any atom is 0.326 e. The van der Waals surface area contributed by atoms with E-state index in [1.165, 1.54) is 0 Å². The Labute approximate surface area is 121 Å². The van der Waals surface area contributed by atoms with Crippen LogP contribution in [0.4, 0.5) is 5.69 Å². The molecule has 3 N–H and O–H groups in total. The Morgan fingerprint density at radius 2 is 2.05 bits per heavy atom. The minimum absolute atomic E-state index is 0.377. The van der Waals surface area contributed by atoms with Gasteiger partial charge < -0.3 is 15.5 Å². The van der Waals surface area contributed by atoms with Gasteiger partial charge in [-0.05, 0) is 0 Å². The van der Waals surface area contributed by atoms with Gasteiger partial charge in [0, 0.05) is 6.07 Å².